The van der Waals surface area contributed by atoms with Crippen molar-refractivity contribution in [3.63, 3.8) is 0 Å². The Morgan fingerprint density at radius 1 is 1.00 bits per heavy atom. The monoisotopic (exact) mass is 432 g/mol. The molecule has 2 aromatic heterocycles. The van der Waals surface area contributed by atoms with E-state index in [0.29, 0.717) is 34.1 Å². The van der Waals surface area contributed by atoms with E-state index < -0.39 is 11.6 Å². The van der Waals surface area contributed by atoms with Crippen LogP contribution in [0.1, 0.15) is 11.1 Å². The van der Waals surface area contributed by atoms with Crippen molar-refractivity contribution in [2.75, 3.05) is 7.11 Å². The second-order valence-corrected chi connectivity index (χ2v) is 7.40. The topological polar surface area (TPSA) is 66.0 Å². The molecule has 32 heavy (non-hydrogen) atoms. The third-order valence-corrected chi connectivity index (χ3v) is 5.17. The van der Waals surface area contributed by atoms with Crippen LogP contribution in [0.4, 0.5) is 8.78 Å². The van der Waals surface area contributed by atoms with E-state index in [-0.39, 0.29) is 12.1 Å². The van der Waals surface area contributed by atoms with Crippen LogP contribution in [0.2, 0.25) is 0 Å². The summed E-state index contributed by atoms with van der Waals surface area (Å²) in [5.41, 5.74) is 4.21. The number of nitrogens with zero attached hydrogens (tertiary/aromatic N) is 4. The summed E-state index contributed by atoms with van der Waals surface area (Å²) in [5.74, 6) is -0.0806. The largest absolute Gasteiger partial charge is 0.497 e. The molecule has 5 rings (SSSR count). The lowest BCUT2D eigenvalue weighted by Gasteiger charge is -2.07. The Balaban J connectivity index is 1.67. The summed E-state index contributed by atoms with van der Waals surface area (Å²) in [6, 6.07) is 16.3. The number of fused-ring (bicyclic) bond motifs is 1. The smallest absolute Gasteiger partial charge is 0.248 e. The minimum absolute atomic E-state index is 0.0418. The van der Waals surface area contributed by atoms with Crippen molar-refractivity contribution in [1.82, 2.24) is 20.0 Å². The zero-order chi connectivity index (χ0) is 22.2. The molecule has 0 aliphatic carbocycles. The van der Waals surface area contributed by atoms with Gasteiger partial charge >= 0.3 is 0 Å². The molecule has 2 heterocycles. The van der Waals surface area contributed by atoms with Gasteiger partial charge in [0.1, 0.15) is 28.6 Å². The molecule has 0 saturated carbocycles. The van der Waals surface area contributed by atoms with Crippen LogP contribution in [0.5, 0.6) is 5.75 Å². The van der Waals surface area contributed by atoms with E-state index in [1.165, 1.54) is 4.68 Å². The van der Waals surface area contributed by atoms with Crippen LogP contribution in [-0.4, -0.2) is 27.1 Å². The number of aryl methyl sites for hydroxylation is 1. The zero-order valence-corrected chi connectivity index (χ0v) is 17.3. The standard InChI is InChI=1S/C24H18F2N4O2/c1-14-3-10-21-20(11-14)27-24(32-21)23-22(15-4-7-18(31-2)8-5-15)28-29-30(23)13-16-12-17(25)6-9-19(16)26/h3-12H,13H2,1-2H3. The van der Waals surface area contributed by atoms with Crippen molar-refractivity contribution in [1.29, 1.82) is 0 Å². The highest BCUT2D eigenvalue weighted by atomic mass is 19.1. The molecular weight excluding hydrogens is 414 g/mol. The van der Waals surface area contributed by atoms with Crippen LogP contribution in [0.25, 0.3) is 33.9 Å². The Hall–Kier alpha value is -4.07. The molecule has 0 aliphatic heterocycles. The summed E-state index contributed by atoms with van der Waals surface area (Å²) in [6.07, 6.45) is 0. The van der Waals surface area contributed by atoms with Gasteiger partial charge in [0.25, 0.3) is 0 Å². The number of hydrogen-bond donors (Lipinski definition) is 0. The van der Waals surface area contributed by atoms with Gasteiger partial charge in [0.15, 0.2) is 11.3 Å². The molecule has 0 N–H and O–H groups in total. The van der Waals surface area contributed by atoms with E-state index in [2.05, 4.69) is 15.3 Å². The van der Waals surface area contributed by atoms with E-state index >= 15 is 0 Å². The molecule has 5 aromatic rings. The Morgan fingerprint density at radius 2 is 1.81 bits per heavy atom. The fourth-order valence-electron chi connectivity index (χ4n) is 3.54. The van der Waals surface area contributed by atoms with Crippen molar-refractivity contribution in [3.05, 3.63) is 83.4 Å². The van der Waals surface area contributed by atoms with Gasteiger partial charge in [0.05, 0.1) is 13.7 Å². The van der Waals surface area contributed by atoms with Crippen LogP contribution < -0.4 is 4.74 Å². The number of rotatable bonds is 5. The fourth-order valence-corrected chi connectivity index (χ4v) is 3.54. The van der Waals surface area contributed by atoms with E-state index in [1.807, 2.05) is 37.3 Å². The fraction of sp³-hybridized carbons (Fsp3) is 0.125. The maximum atomic E-state index is 14.3. The van der Waals surface area contributed by atoms with Crippen LogP contribution in [-0.2, 0) is 6.54 Å². The van der Waals surface area contributed by atoms with E-state index in [9.17, 15) is 8.78 Å². The SMILES string of the molecule is COc1ccc(-c2nnn(Cc3cc(F)ccc3F)c2-c2nc3cc(C)ccc3o2)cc1. The molecule has 6 nitrogen and oxygen atoms in total. The van der Waals surface area contributed by atoms with Gasteiger partial charge in [-0.2, -0.15) is 0 Å². The molecule has 8 heteroatoms. The first-order chi connectivity index (χ1) is 15.5. The van der Waals surface area contributed by atoms with E-state index in [4.69, 9.17) is 9.15 Å². The molecule has 0 unspecified atom stereocenters. The summed E-state index contributed by atoms with van der Waals surface area (Å²) >= 11 is 0. The predicted molar refractivity (Wildman–Crippen MR) is 115 cm³/mol. The summed E-state index contributed by atoms with van der Waals surface area (Å²) in [4.78, 5) is 4.62. The van der Waals surface area contributed by atoms with Gasteiger partial charge in [0, 0.05) is 11.1 Å². The van der Waals surface area contributed by atoms with Gasteiger partial charge in [-0.25, -0.2) is 18.4 Å². The third kappa shape index (κ3) is 3.60. The van der Waals surface area contributed by atoms with Crippen molar-refractivity contribution in [2.24, 2.45) is 0 Å². The van der Waals surface area contributed by atoms with Crippen LogP contribution in [0, 0.1) is 18.6 Å². The quantitative estimate of drug-likeness (QED) is 0.372. The lowest BCUT2D eigenvalue weighted by Crippen LogP contribution is -2.06. The van der Waals surface area contributed by atoms with Crippen molar-refractivity contribution >= 4 is 11.1 Å². The molecule has 0 radical (unpaired) electrons. The molecule has 0 amide bonds. The van der Waals surface area contributed by atoms with Crippen LogP contribution in [0.15, 0.2) is 65.1 Å². The minimum atomic E-state index is -0.535. The van der Waals surface area contributed by atoms with Gasteiger partial charge in [-0.15, -0.1) is 5.10 Å². The average molecular weight is 432 g/mol. The van der Waals surface area contributed by atoms with E-state index in [1.54, 1.807) is 19.2 Å². The second kappa shape index (κ2) is 7.88. The molecule has 0 bridgehead atoms. The van der Waals surface area contributed by atoms with Gasteiger partial charge in [-0.05, 0) is 67.1 Å². The highest BCUT2D eigenvalue weighted by Gasteiger charge is 2.23. The second-order valence-electron chi connectivity index (χ2n) is 7.40. The van der Waals surface area contributed by atoms with Crippen molar-refractivity contribution in [2.45, 2.75) is 13.5 Å². The molecule has 0 spiro atoms. The summed E-state index contributed by atoms with van der Waals surface area (Å²) < 4.78 is 40.8. The van der Waals surface area contributed by atoms with Gasteiger partial charge in [-0.3, -0.25) is 0 Å². The Kier molecular flexibility index (Phi) is 4.89. The predicted octanol–water partition coefficient (Wildman–Crippen LogP) is 5.40. The summed E-state index contributed by atoms with van der Waals surface area (Å²) in [7, 11) is 1.59. The number of ether oxygens (including phenoxy) is 1. The maximum absolute atomic E-state index is 14.3. The summed E-state index contributed by atoms with van der Waals surface area (Å²) in [5, 5.41) is 8.52. The number of halogens is 2. The maximum Gasteiger partial charge on any atom is 0.248 e. The molecule has 0 atom stereocenters. The highest BCUT2D eigenvalue weighted by Crippen LogP contribution is 2.33. The summed E-state index contributed by atoms with van der Waals surface area (Å²) in [6.45, 7) is 1.93. The Morgan fingerprint density at radius 3 is 2.59 bits per heavy atom. The minimum Gasteiger partial charge on any atom is -0.497 e. The number of hydrogen-bond acceptors (Lipinski definition) is 5. The molecule has 0 saturated heterocycles. The normalized spacial score (nSPS) is 11.2. The molecule has 160 valence electrons. The number of aromatic nitrogens is 4. The van der Waals surface area contributed by atoms with Gasteiger partial charge < -0.3 is 9.15 Å². The first kappa shape index (κ1) is 19.9. The first-order valence-electron chi connectivity index (χ1n) is 9.91. The highest BCUT2D eigenvalue weighted by molar-refractivity contribution is 5.80. The van der Waals surface area contributed by atoms with Crippen molar-refractivity contribution in [3.8, 4) is 28.6 Å². The number of methoxy groups -OCH3 is 1. The lowest BCUT2D eigenvalue weighted by molar-refractivity contribution is 0.415. The number of oxazole rings is 1. The number of benzene rings is 3. The van der Waals surface area contributed by atoms with Gasteiger partial charge in [0.2, 0.25) is 5.89 Å². The average Bonchev–Trinajstić information content (AvgIpc) is 3.39. The molecular formula is C24H18F2N4O2. The molecule has 0 fully saturated rings. The van der Waals surface area contributed by atoms with Gasteiger partial charge in [-0.1, -0.05) is 11.3 Å². The van der Waals surface area contributed by atoms with Crippen molar-refractivity contribution < 1.29 is 17.9 Å². The first-order valence-corrected chi connectivity index (χ1v) is 9.91. The van der Waals surface area contributed by atoms with E-state index in [0.717, 1.165) is 29.3 Å². The zero-order valence-electron chi connectivity index (χ0n) is 17.3. The Labute approximate surface area is 182 Å². The lowest BCUT2D eigenvalue weighted by atomic mass is 10.1. The molecule has 0 aliphatic rings. The molecule has 3 aromatic carbocycles. The Bertz CT molecular complexity index is 1420. The third-order valence-electron chi connectivity index (χ3n) is 5.17. The van der Waals surface area contributed by atoms with Crippen LogP contribution >= 0.6 is 0 Å². The van der Waals surface area contributed by atoms with Crippen LogP contribution in [0.3, 0.4) is 0 Å².